The van der Waals surface area contributed by atoms with Crippen molar-refractivity contribution in [3.8, 4) is 0 Å². The number of quaternary nitrogens is 1. The molecule has 2 atom stereocenters. The monoisotopic (exact) mass is 722 g/mol. The molecule has 0 spiro atoms. The van der Waals surface area contributed by atoms with Gasteiger partial charge in [0.2, 0.25) is 0 Å². The van der Waals surface area contributed by atoms with Crippen molar-refractivity contribution in [2.75, 3.05) is 41.0 Å². The summed E-state index contributed by atoms with van der Waals surface area (Å²) in [6, 6.07) is -0.724. The highest BCUT2D eigenvalue weighted by molar-refractivity contribution is 5.70. The summed E-state index contributed by atoms with van der Waals surface area (Å²) in [4.78, 5) is 36.7. The van der Waals surface area contributed by atoms with Gasteiger partial charge in [0.15, 0.2) is 6.10 Å². The van der Waals surface area contributed by atoms with Crippen LogP contribution in [0.25, 0.3) is 0 Å². The maximum absolute atomic E-state index is 12.7. The Kier molecular flexibility index (Phi) is 33.4. The van der Waals surface area contributed by atoms with Crippen LogP contribution in [0.2, 0.25) is 0 Å². The third kappa shape index (κ3) is 33.4. The summed E-state index contributed by atoms with van der Waals surface area (Å²) >= 11 is 0. The first kappa shape index (κ1) is 48.8. The van der Waals surface area contributed by atoms with Crippen molar-refractivity contribution in [3.05, 3.63) is 24.3 Å². The third-order valence-electron chi connectivity index (χ3n) is 9.29. The summed E-state index contributed by atoms with van der Waals surface area (Å²) in [5, 5.41) is 11.6. The van der Waals surface area contributed by atoms with E-state index < -0.39 is 18.1 Å². The number of hydrogen-bond donors (Lipinski definition) is 0. The van der Waals surface area contributed by atoms with Gasteiger partial charge in [0.05, 0.1) is 40.3 Å². The lowest BCUT2D eigenvalue weighted by Crippen LogP contribution is -2.55. The maximum Gasteiger partial charge on any atom is 0.306 e. The summed E-state index contributed by atoms with van der Waals surface area (Å²) in [5.74, 6) is -1.75. The minimum absolute atomic E-state index is 0.0386. The van der Waals surface area contributed by atoms with Crippen molar-refractivity contribution in [2.24, 2.45) is 0 Å². The second-order valence-corrected chi connectivity index (χ2v) is 15.2. The highest BCUT2D eigenvalue weighted by Crippen LogP contribution is 2.14. The molecule has 0 rings (SSSR count). The van der Waals surface area contributed by atoms with Gasteiger partial charge in [-0.05, 0) is 57.8 Å². The number of carbonyl (C=O) groups excluding carboxylic acids is 3. The number of aliphatic carboxylic acids is 1. The van der Waals surface area contributed by atoms with E-state index in [-0.39, 0.29) is 42.7 Å². The molecule has 8 nitrogen and oxygen atoms in total. The van der Waals surface area contributed by atoms with E-state index in [1.165, 1.54) is 89.9 Å². The zero-order chi connectivity index (χ0) is 37.8. The van der Waals surface area contributed by atoms with E-state index in [2.05, 4.69) is 38.2 Å². The smallest absolute Gasteiger partial charge is 0.306 e. The molecular weight excluding hydrogens is 642 g/mol. The van der Waals surface area contributed by atoms with Gasteiger partial charge in [-0.2, -0.15) is 0 Å². The molecule has 0 aliphatic heterocycles. The van der Waals surface area contributed by atoms with E-state index in [1.54, 1.807) is 21.1 Å². The SMILES string of the molecule is CCC/C=C\CCCCCCCC(=O)OCC(COCCC(C(=O)[O-])[N+](C)(C)C)OC(=O)CCCCCCCCC/C=C\CCCCCCCC. The summed E-state index contributed by atoms with van der Waals surface area (Å²) in [6.07, 6.45) is 36.3. The van der Waals surface area contributed by atoms with Crippen LogP contribution in [-0.2, 0) is 28.6 Å². The van der Waals surface area contributed by atoms with E-state index >= 15 is 0 Å². The van der Waals surface area contributed by atoms with Crippen LogP contribution in [0, 0.1) is 0 Å². The first-order chi connectivity index (χ1) is 24.6. The van der Waals surface area contributed by atoms with Crippen LogP contribution in [0.15, 0.2) is 24.3 Å². The number of ether oxygens (including phenoxy) is 3. The number of carbonyl (C=O) groups is 3. The normalized spacial score (nSPS) is 13.2. The molecule has 0 aliphatic rings. The molecule has 298 valence electrons. The first-order valence-corrected chi connectivity index (χ1v) is 20.9. The number of allylic oxidation sites excluding steroid dienone is 4. The lowest BCUT2D eigenvalue weighted by molar-refractivity contribution is -0.889. The van der Waals surface area contributed by atoms with Gasteiger partial charge in [-0.1, -0.05) is 128 Å². The van der Waals surface area contributed by atoms with E-state index in [0.717, 1.165) is 57.8 Å². The lowest BCUT2D eigenvalue weighted by Gasteiger charge is -2.34. The van der Waals surface area contributed by atoms with Gasteiger partial charge in [0, 0.05) is 19.3 Å². The van der Waals surface area contributed by atoms with Crippen LogP contribution >= 0.6 is 0 Å². The van der Waals surface area contributed by atoms with E-state index in [4.69, 9.17) is 14.2 Å². The number of hydrogen-bond acceptors (Lipinski definition) is 7. The number of likely N-dealkylation sites (N-methyl/N-ethyl adjacent to an activating group) is 1. The summed E-state index contributed by atoms with van der Waals surface area (Å²) in [7, 11) is 5.40. The third-order valence-corrected chi connectivity index (χ3v) is 9.29. The Morgan fingerprint density at radius 1 is 0.569 bits per heavy atom. The molecule has 0 N–H and O–H groups in total. The fraction of sp³-hybridized carbons (Fsp3) is 0.837. The number of carboxylic acid groups (broad SMARTS) is 1. The standard InChI is InChI=1S/C43H79NO7/c1-6-8-10-12-14-16-18-19-20-21-22-23-24-26-28-30-32-34-42(46)51-39(37-49-36-35-40(43(47)48)44(3,4)5)38-50-41(45)33-31-29-27-25-17-15-13-11-9-7-2/h11,13,19-20,39-40H,6-10,12,14-18,21-38H2,1-5H3/b13-11-,20-19-. The second-order valence-electron chi connectivity index (χ2n) is 15.2. The van der Waals surface area contributed by atoms with E-state index in [1.807, 2.05) is 0 Å². The van der Waals surface area contributed by atoms with Crippen LogP contribution < -0.4 is 5.11 Å². The molecule has 0 radical (unpaired) electrons. The topological polar surface area (TPSA) is 102 Å². The molecule has 0 bridgehead atoms. The van der Waals surface area contributed by atoms with Crippen LogP contribution in [0.1, 0.15) is 181 Å². The molecule has 2 unspecified atom stereocenters. The molecule has 0 amide bonds. The average molecular weight is 722 g/mol. The fourth-order valence-corrected chi connectivity index (χ4v) is 6.01. The van der Waals surface area contributed by atoms with E-state index in [0.29, 0.717) is 12.8 Å². The van der Waals surface area contributed by atoms with Crippen molar-refractivity contribution < 1.29 is 38.2 Å². The molecule has 0 saturated heterocycles. The highest BCUT2D eigenvalue weighted by Gasteiger charge is 2.25. The molecule has 0 aromatic heterocycles. The van der Waals surface area contributed by atoms with Gasteiger partial charge in [-0.15, -0.1) is 0 Å². The Bertz CT molecular complexity index is 895. The number of carboxylic acids is 1. The van der Waals surface area contributed by atoms with Crippen molar-refractivity contribution in [3.63, 3.8) is 0 Å². The molecule has 8 heteroatoms. The van der Waals surface area contributed by atoms with Gasteiger partial charge in [0.1, 0.15) is 12.6 Å². The molecular formula is C43H79NO7. The van der Waals surface area contributed by atoms with Gasteiger partial charge >= 0.3 is 11.9 Å². The molecule has 0 aromatic carbocycles. The number of nitrogens with zero attached hydrogens (tertiary/aromatic N) is 1. The van der Waals surface area contributed by atoms with Crippen molar-refractivity contribution in [1.29, 1.82) is 0 Å². The minimum Gasteiger partial charge on any atom is -0.544 e. The average Bonchev–Trinajstić information content (AvgIpc) is 3.08. The van der Waals surface area contributed by atoms with Crippen LogP contribution in [0.3, 0.4) is 0 Å². The van der Waals surface area contributed by atoms with E-state index in [9.17, 15) is 19.5 Å². The van der Waals surface area contributed by atoms with Crippen LogP contribution in [0.4, 0.5) is 0 Å². The summed E-state index contributed by atoms with van der Waals surface area (Å²) in [6.45, 7) is 4.58. The fourth-order valence-electron chi connectivity index (χ4n) is 6.01. The summed E-state index contributed by atoms with van der Waals surface area (Å²) < 4.78 is 17.1. The van der Waals surface area contributed by atoms with Gasteiger partial charge in [-0.3, -0.25) is 9.59 Å². The first-order valence-electron chi connectivity index (χ1n) is 20.9. The Labute approximate surface area is 313 Å². The number of rotatable bonds is 37. The predicted octanol–water partition coefficient (Wildman–Crippen LogP) is 9.58. The minimum atomic E-state index is -1.13. The molecule has 0 heterocycles. The van der Waals surface area contributed by atoms with Crippen LogP contribution in [0.5, 0.6) is 0 Å². The van der Waals surface area contributed by atoms with Gasteiger partial charge < -0.3 is 28.6 Å². The molecule has 0 aromatic rings. The molecule has 0 aliphatic carbocycles. The summed E-state index contributed by atoms with van der Waals surface area (Å²) in [5.41, 5.74) is 0. The van der Waals surface area contributed by atoms with Crippen molar-refractivity contribution >= 4 is 17.9 Å². The quantitative estimate of drug-likeness (QED) is 0.0273. The van der Waals surface area contributed by atoms with Crippen molar-refractivity contribution in [2.45, 2.75) is 193 Å². The van der Waals surface area contributed by atoms with Crippen LogP contribution in [-0.4, -0.2) is 75.5 Å². The zero-order valence-electron chi connectivity index (χ0n) is 33.8. The Balaban J connectivity index is 4.35. The number of unbranched alkanes of at least 4 members (excludes halogenated alkanes) is 19. The Morgan fingerprint density at radius 2 is 1.02 bits per heavy atom. The zero-order valence-corrected chi connectivity index (χ0v) is 33.8. The molecule has 0 saturated carbocycles. The van der Waals surface area contributed by atoms with Gasteiger partial charge in [-0.25, -0.2) is 0 Å². The Morgan fingerprint density at radius 3 is 1.49 bits per heavy atom. The lowest BCUT2D eigenvalue weighted by atomic mass is 10.1. The molecule has 51 heavy (non-hydrogen) atoms. The largest absolute Gasteiger partial charge is 0.544 e. The van der Waals surface area contributed by atoms with Gasteiger partial charge in [0.25, 0.3) is 0 Å². The predicted molar refractivity (Wildman–Crippen MR) is 208 cm³/mol. The highest BCUT2D eigenvalue weighted by atomic mass is 16.6. The number of esters is 2. The molecule has 0 fully saturated rings. The van der Waals surface area contributed by atoms with Crippen molar-refractivity contribution in [1.82, 2.24) is 0 Å². The second kappa shape index (κ2) is 34.9. The maximum atomic E-state index is 12.7. The Hall–Kier alpha value is -2.19.